The van der Waals surface area contributed by atoms with E-state index in [-0.39, 0.29) is 0 Å². The van der Waals surface area contributed by atoms with Gasteiger partial charge in [-0.3, -0.25) is 0 Å². The first-order chi connectivity index (χ1) is 7.13. The lowest BCUT2D eigenvalue weighted by Crippen LogP contribution is -1.83. The maximum Gasteiger partial charge on any atom is 0.00136 e. The third kappa shape index (κ3) is 5.97. The molecule has 0 aromatic rings. The van der Waals surface area contributed by atoms with E-state index in [0.29, 0.717) is 0 Å². The van der Waals surface area contributed by atoms with Gasteiger partial charge in [-0.1, -0.05) is 55.3 Å². The van der Waals surface area contributed by atoms with E-state index in [4.69, 9.17) is 12.2 Å². The Morgan fingerprint density at radius 3 is 2.27 bits per heavy atom. The van der Waals surface area contributed by atoms with E-state index in [9.17, 15) is 0 Å². The van der Waals surface area contributed by atoms with Gasteiger partial charge in [0.1, 0.15) is 0 Å². The van der Waals surface area contributed by atoms with Gasteiger partial charge in [0, 0.05) is 5.37 Å². The van der Waals surface area contributed by atoms with Gasteiger partial charge in [-0.25, -0.2) is 0 Å². The van der Waals surface area contributed by atoms with Crippen LogP contribution in [0.25, 0.3) is 0 Å². The third-order valence-electron chi connectivity index (χ3n) is 2.10. The van der Waals surface area contributed by atoms with E-state index in [1.54, 1.807) is 5.37 Å². The quantitative estimate of drug-likeness (QED) is 0.370. The molecule has 0 fully saturated rings. The summed E-state index contributed by atoms with van der Waals surface area (Å²) in [6.45, 7) is 10.1. The summed E-state index contributed by atoms with van der Waals surface area (Å²) < 4.78 is 0. The van der Waals surface area contributed by atoms with Gasteiger partial charge in [0.25, 0.3) is 0 Å². The summed E-state index contributed by atoms with van der Waals surface area (Å²) in [7, 11) is 0. The van der Waals surface area contributed by atoms with Gasteiger partial charge < -0.3 is 0 Å². The molecule has 0 spiro atoms. The standard InChI is InChI=1S/C14H18S/c1-5-6-7-9-12(2)14(4)13(3)10-8-11-15/h5-11H,2H2,1,3-4H3/b6-5-,9-7-,10-8-,14-13+. The van der Waals surface area contributed by atoms with Crippen molar-refractivity contribution in [3.8, 4) is 0 Å². The van der Waals surface area contributed by atoms with Crippen LogP contribution in [-0.2, 0) is 0 Å². The smallest absolute Gasteiger partial charge is 0.00136 e. The van der Waals surface area contributed by atoms with Crippen molar-refractivity contribution in [2.24, 2.45) is 0 Å². The van der Waals surface area contributed by atoms with E-state index in [1.165, 1.54) is 11.1 Å². The predicted molar refractivity (Wildman–Crippen MR) is 74.3 cm³/mol. The van der Waals surface area contributed by atoms with E-state index in [0.717, 1.165) is 5.57 Å². The van der Waals surface area contributed by atoms with Gasteiger partial charge >= 0.3 is 0 Å². The maximum atomic E-state index is 4.73. The van der Waals surface area contributed by atoms with Gasteiger partial charge in [-0.15, -0.1) is 0 Å². The van der Waals surface area contributed by atoms with Crippen LogP contribution in [0.2, 0.25) is 0 Å². The fourth-order valence-corrected chi connectivity index (χ4v) is 1.05. The molecule has 0 aliphatic carbocycles. The summed E-state index contributed by atoms with van der Waals surface area (Å²) in [5.41, 5.74) is 3.40. The van der Waals surface area contributed by atoms with Crippen molar-refractivity contribution in [3.63, 3.8) is 0 Å². The number of thiocarbonyl (C=S) groups is 1. The van der Waals surface area contributed by atoms with Crippen molar-refractivity contribution in [1.82, 2.24) is 0 Å². The molecule has 0 saturated heterocycles. The van der Waals surface area contributed by atoms with Crippen molar-refractivity contribution in [2.45, 2.75) is 20.8 Å². The predicted octanol–water partition coefficient (Wildman–Crippen LogP) is 4.57. The Morgan fingerprint density at radius 2 is 1.73 bits per heavy atom. The van der Waals surface area contributed by atoms with Crippen molar-refractivity contribution in [3.05, 3.63) is 59.8 Å². The topological polar surface area (TPSA) is 0 Å². The van der Waals surface area contributed by atoms with Crippen molar-refractivity contribution in [1.29, 1.82) is 0 Å². The largest absolute Gasteiger partial charge is 0.0915 e. The van der Waals surface area contributed by atoms with Crippen LogP contribution < -0.4 is 0 Å². The molecule has 0 N–H and O–H groups in total. The lowest BCUT2D eigenvalue weighted by Gasteiger charge is -2.03. The molecule has 0 heterocycles. The first-order valence-corrected chi connectivity index (χ1v) is 5.38. The molecule has 1 heteroatoms. The lowest BCUT2D eigenvalue weighted by atomic mass is 10.0. The van der Waals surface area contributed by atoms with Crippen LogP contribution >= 0.6 is 12.2 Å². The van der Waals surface area contributed by atoms with Crippen LogP contribution in [0.1, 0.15) is 20.8 Å². The molecular formula is C14H18S. The number of rotatable bonds is 5. The number of hydrogen-bond acceptors (Lipinski definition) is 1. The minimum Gasteiger partial charge on any atom is -0.0915 e. The fraction of sp³-hybridized carbons (Fsp3) is 0.214. The van der Waals surface area contributed by atoms with Gasteiger partial charge in [-0.05, 0) is 37.5 Å². The van der Waals surface area contributed by atoms with Crippen LogP contribution in [0, 0.1) is 0 Å². The average molecular weight is 218 g/mol. The molecule has 0 bridgehead atoms. The first-order valence-electron chi connectivity index (χ1n) is 4.91. The van der Waals surface area contributed by atoms with Crippen LogP contribution in [0.15, 0.2) is 59.8 Å². The zero-order chi connectivity index (χ0) is 11.7. The number of allylic oxidation sites excluding steroid dienone is 9. The Hall–Kier alpha value is -1.21. The maximum absolute atomic E-state index is 4.73. The monoisotopic (exact) mass is 218 g/mol. The second-order valence-electron chi connectivity index (χ2n) is 3.21. The van der Waals surface area contributed by atoms with Gasteiger partial charge in [0.2, 0.25) is 0 Å². The fourth-order valence-electron chi connectivity index (χ4n) is 0.970. The molecule has 0 aliphatic rings. The molecule has 0 aromatic carbocycles. The Kier molecular flexibility index (Phi) is 7.47. The molecular weight excluding hydrogens is 200 g/mol. The highest BCUT2D eigenvalue weighted by molar-refractivity contribution is 7.79. The minimum atomic E-state index is 1.03. The van der Waals surface area contributed by atoms with Crippen molar-refractivity contribution < 1.29 is 0 Å². The summed E-state index contributed by atoms with van der Waals surface area (Å²) in [6.07, 6.45) is 11.8. The summed E-state index contributed by atoms with van der Waals surface area (Å²) in [4.78, 5) is 0. The summed E-state index contributed by atoms with van der Waals surface area (Å²) >= 11 is 4.73. The number of hydrogen-bond donors (Lipinski definition) is 0. The highest BCUT2D eigenvalue weighted by Crippen LogP contribution is 2.14. The van der Waals surface area contributed by atoms with Crippen LogP contribution in [-0.4, -0.2) is 5.37 Å². The Bertz CT molecular complexity index is 338. The van der Waals surface area contributed by atoms with Crippen molar-refractivity contribution in [2.75, 3.05) is 0 Å². The molecule has 0 atom stereocenters. The van der Waals surface area contributed by atoms with Crippen LogP contribution in [0.3, 0.4) is 0 Å². The second kappa shape index (κ2) is 8.13. The second-order valence-corrected chi connectivity index (χ2v) is 3.49. The summed E-state index contributed by atoms with van der Waals surface area (Å²) in [5, 5.41) is 1.61. The van der Waals surface area contributed by atoms with Crippen LogP contribution in [0.4, 0.5) is 0 Å². The first kappa shape index (κ1) is 13.8. The van der Waals surface area contributed by atoms with Gasteiger partial charge in [0.15, 0.2) is 0 Å². The molecule has 0 rings (SSSR count). The average Bonchev–Trinajstić information content (AvgIpc) is 2.24. The highest BCUT2D eigenvalue weighted by Gasteiger charge is 1.94. The molecule has 80 valence electrons. The molecule has 0 unspecified atom stereocenters. The Morgan fingerprint density at radius 1 is 1.07 bits per heavy atom. The normalized spacial score (nSPS) is 13.8. The van der Waals surface area contributed by atoms with Gasteiger partial charge in [-0.2, -0.15) is 0 Å². The van der Waals surface area contributed by atoms with Crippen LogP contribution in [0.5, 0.6) is 0 Å². The molecule has 0 aliphatic heterocycles. The van der Waals surface area contributed by atoms with Gasteiger partial charge in [0.05, 0.1) is 0 Å². The molecule has 0 amide bonds. The van der Waals surface area contributed by atoms with Crippen molar-refractivity contribution >= 4 is 17.6 Å². The third-order valence-corrected chi connectivity index (χ3v) is 2.26. The SMILES string of the molecule is C=C(/C=C\C=C/C)/C(C)=C(C)/C=C\C=S. The lowest BCUT2D eigenvalue weighted by molar-refractivity contribution is 1.33. The zero-order valence-electron chi connectivity index (χ0n) is 9.66. The molecule has 0 aromatic heterocycles. The Labute approximate surface area is 98.4 Å². The molecule has 0 radical (unpaired) electrons. The zero-order valence-corrected chi connectivity index (χ0v) is 10.5. The molecule has 0 nitrogen and oxygen atoms in total. The molecule has 15 heavy (non-hydrogen) atoms. The molecule has 0 saturated carbocycles. The highest BCUT2D eigenvalue weighted by atomic mass is 32.1. The van der Waals surface area contributed by atoms with E-state index < -0.39 is 0 Å². The Balaban J connectivity index is 4.68. The summed E-state index contributed by atoms with van der Waals surface area (Å²) in [6, 6.07) is 0. The van der Waals surface area contributed by atoms with E-state index >= 15 is 0 Å². The minimum absolute atomic E-state index is 1.03. The summed E-state index contributed by atoms with van der Waals surface area (Å²) in [5.74, 6) is 0. The van der Waals surface area contributed by atoms with E-state index in [2.05, 4.69) is 20.4 Å². The van der Waals surface area contributed by atoms with E-state index in [1.807, 2.05) is 43.4 Å².